The summed E-state index contributed by atoms with van der Waals surface area (Å²) in [6.07, 6.45) is 0.648. The van der Waals surface area contributed by atoms with Crippen LogP contribution in [0, 0.1) is 0 Å². The molecule has 3 heterocycles. The molecule has 61 heavy (non-hydrogen) atoms. The monoisotopic (exact) mass is 868 g/mol. The zero-order valence-electron chi connectivity index (χ0n) is 33.3. The van der Waals surface area contributed by atoms with Crippen molar-refractivity contribution in [2.75, 3.05) is 19.1 Å². The Bertz CT molecular complexity index is 2320. The zero-order valence-corrected chi connectivity index (χ0v) is 34.1. The lowest BCUT2D eigenvalue weighted by molar-refractivity contribution is -0.139. The standard InChI is InChI=1S/C39H48N8O13S/c1-20(46(2)35(54)27-16-22-7-5-9-29(49)25(22)19-40-27)32(34(53)41-18-24-17-30(50)36(60-24)47-12-10-31(51)44-39(47)58)45-33(52)26(11-13-61(3)59)42-38(57)43-28(37(55)56)15-21-6-4-8-23(48)14-21/h4-10,12,14,18,20,26-28,30,32,36,40,48-50H,11,13,15-17,19H2,1-3H3,(H,41,53)(H,45,52)(H,55,56)(H2,42,43,57)(H,44,51,58)/b24-18-/t20-,26?,27+,28?,30+,32?,36+,61?/m0/s1. The number of phenols is 2. The molecule has 0 aliphatic carbocycles. The molecule has 2 aliphatic heterocycles. The minimum absolute atomic E-state index is 0.0137. The van der Waals surface area contributed by atoms with Crippen LogP contribution in [-0.4, -0.2) is 124 Å². The number of carbonyl (C=O) groups excluding carboxylic acids is 4. The molecule has 3 aromatic rings. The predicted molar refractivity (Wildman–Crippen MR) is 217 cm³/mol. The number of fused-ring (bicyclic) bond motifs is 1. The minimum atomic E-state index is -1.56. The van der Waals surface area contributed by atoms with Crippen LogP contribution < -0.4 is 37.8 Å². The van der Waals surface area contributed by atoms with Gasteiger partial charge in [0.15, 0.2) is 0 Å². The molecule has 1 fully saturated rings. The number of nitrogens with one attached hydrogen (secondary N) is 6. The van der Waals surface area contributed by atoms with Gasteiger partial charge >= 0.3 is 17.7 Å². The second-order valence-electron chi connectivity index (χ2n) is 14.6. The number of hydrogen-bond donors (Lipinski definition) is 10. The summed E-state index contributed by atoms with van der Waals surface area (Å²) in [6.45, 7) is 1.67. The maximum absolute atomic E-state index is 14.0. The summed E-state index contributed by atoms with van der Waals surface area (Å²) in [6, 6.07) is 4.29. The Hall–Kier alpha value is -6.52. The van der Waals surface area contributed by atoms with Crippen molar-refractivity contribution in [3.8, 4) is 11.5 Å². The SMILES string of the molecule is C[C@@H](C(NC(=O)C(CCS(C)=O)NC(=O)NC(Cc1cccc(O)c1)C(=O)O)C(=O)N/C=C1/C[C@@H](O)[C@H](n2ccc(=O)[nH]c2=O)O1)N(C)C(=O)[C@H]1Cc2cccc(O)c2CN1. The first-order valence-electron chi connectivity index (χ1n) is 19.0. The van der Waals surface area contributed by atoms with Crippen LogP contribution in [0.2, 0.25) is 0 Å². The molecule has 4 unspecified atom stereocenters. The number of benzene rings is 2. The number of carbonyl (C=O) groups is 5. The Kier molecular flexibility index (Phi) is 15.1. The summed E-state index contributed by atoms with van der Waals surface area (Å²) in [5.41, 5.74) is 0.250. The van der Waals surface area contributed by atoms with Crippen LogP contribution in [0.15, 0.2) is 76.3 Å². The number of aromatic hydroxyl groups is 2. The first kappa shape index (κ1) is 45.6. The Balaban J connectivity index is 1.36. The van der Waals surface area contributed by atoms with E-state index in [0.717, 1.165) is 28.6 Å². The van der Waals surface area contributed by atoms with Gasteiger partial charge in [0.25, 0.3) is 5.56 Å². The first-order valence-corrected chi connectivity index (χ1v) is 20.8. The molecule has 5 amide bonds. The lowest BCUT2D eigenvalue weighted by Crippen LogP contribution is -2.62. The fraction of sp³-hybridized carbons (Fsp3) is 0.410. The lowest BCUT2D eigenvalue weighted by Gasteiger charge is -2.36. The fourth-order valence-electron chi connectivity index (χ4n) is 6.86. The van der Waals surface area contributed by atoms with Crippen molar-refractivity contribution in [2.24, 2.45) is 0 Å². The minimum Gasteiger partial charge on any atom is -0.508 e. The molecule has 0 bridgehead atoms. The van der Waals surface area contributed by atoms with Crippen molar-refractivity contribution >= 4 is 40.5 Å². The van der Waals surface area contributed by atoms with Crippen molar-refractivity contribution in [1.29, 1.82) is 0 Å². The number of urea groups is 1. The molecule has 10 N–H and O–H groups in total. The average Bonchev–Trinajstić information content (AvgIpc) is 3.58. The number of aliphatic hydroxyl groups is 1. The Morgan fingerprint density at radius 3 is 2.43 bits per heavy atom. The second-order valence-corrected chi connectivity index (χ2v) is 16.2. The number of rotatable bonds is 16. The van der Waals surface area contributed by atoms with Crippen molar-refractivity contribution in [3.05, 3.63) is 104 Å². The molecule has 22 heteroatoms. The van der Waals surface area contributed by atoms with Crippen LogP contribution >= 0.6 is 0 Å². The first-order chi connectivity index (χ1) is 28.9. The largest absolute Gasteiger partial charge is 0.508 e. The predicted octanol–water partition coefficient (Wildman–Crippen LogP) is -1.64. The highest BCUT2D eigenvalue weighted by Crippen LogP contribution is 2.30. The molecule has 0 saturated carbocycles. The second kappa shape index (κ2) is 20.2. The Morgan fingerprint density at radius 2 is 1.74 bits per heavy atom. The van der Waals surface area contributed by atoms with E-state index in [1.165, 1.54) is 49.4 Å². The van der Waals surface area contributed by atoms with Crippen LogP contribution in [0.3, 0.4) is 0 Å². The maximum Gasteiger partial charge on any atom is 0.331 e. The normalized spacial score (nSPS) is 20.1. The number of carboxylic acids is 1. The number of H-pyrrole nitrogens is 1. The third-order valence-corrected chi connectivity index (χ3v) is 11.1. The molecular weight excluding hydrogens is 821 g/mol. The number of hydrogen-bond acceptors (Lipinski definition) is 13. The Labute approximate surface area is 350 Å². The smallest absolute Gasteiger partial charge is 0.331 e. The maximum atomic E-state index is 14.0. The lowest BCUT2D eigenvalue weighted by atomic mass is 9.94. The van der Waals surface area contributed by atoms with Crippen molar-refractivity contribution in [3.63, 3.8) is 0 Å². The number of aliphatic carboxylic acids is 1. The number of likely N-dealkylation sites (N-methyl/N-ethyl adjacent to an activating group) is 1. The summed E-state index contributed by atoms with van der Waals surface area (Å²) >= 11 is 0. The van der Waals surface area contributed by atoms with Crippen molar-refractivity contribution < 1.29 is 53.3 Å². The zero-order chi connectivity index (χ0) is 44.5. The molecule has 0 spiro atoms. The van der Waals surface area contributed by atoms with Gasteiger partial charge in [0, 0.05) is 73.3 Å². The van der Waals surface area contributed by atoms with Gasteiger partial charge in [0.1, 0.15) is 41.5 Å². The van der Waals surface area contributed by atoms with E-state index < -0.39 is 94.3 Å². The number of aliphatic hydroxyl groups excluding tert-OH is 1. The molecule has 8 atom stereocenters. The van der Waals surface area contributed by atoms with Crippen LogP contribution in [0.5, 0.6) is 11.5 Å². The molecule has 1 saturated heterocycles. The molecule has 0 radical (unpaired) electrons. The van der Waals surface area contributed by atoms with Gasteiger partial charge in [-0.1, -0.05) is 24.3 Å². The number of aromatic nitrogens is 2. The van der Waals surface area contributed by atoms with Crippen LogP contribution in [0.4, 0.5) is 4.79 Å². The summed E-state index contributed by atoms with van der Waals surface area (Å²) in [5.74, 6) is -3.85. The van der Waals surface area contributed by atoms with Crippen LogP contribution in [0.1, 0.15) is 42.7 Å². The van der Waals surface area contributed by atoms with Crippen molar-refractivity contribution in [2.45, 2.75) is 81.7 Å². The number of amides is 5. The van der Waals surface area contributed by atoms with E-state index in [0.29, 0.717) is 11.1 Å². The number of phenolic OH excluding ortho intramolecular Hbond substituents is 2. The highest BCUT2D eigenvalue weighted by Gasteiger charge is 2.38. The quantitative estimate of drug-likeness (QED) is 0.0773. The van der Waals surface area contributed by atoms with Gasteiger partial charge in [-0.3, -0.25) is 32.9 Å². The molecule has 328 valence electrons. The molecular formula is C39H48N8O13S. The van der Waals surface area contributed by atoms with Gasteiger partial charge in [-0.2, -0.15) is 0 Å². The highest BCUT2D eigenvalue weighted by molar-refractivity contribution is 7.84. The van der Waals surface area contributed by atoms with Gasteiger partial charge in [-0.05, 0) is 49.1 Å². The van der Waals surface area contributed by atoms with Gasteiger partial charge < -0.3 is 56.6 Å². The fourth-order valence-corrected chi connectivity index (χ4v) is 7.43. The topological polar surface area (TPSA) is 311 Å². The average molecular weight is 869 g/mol. The summed E-state index contributed by atoms with van der Waals surface area (Å²) in [7, 11) is -0.0418. The van der Waals surface area contributed by atoms with Crippen molar-refractivity contribution in [1.82, 2.24) is 41.0 Å². The third-order valence-electron chi connectivity index (χ3n) is 10.3. The number of ether oxygens (including phenoxy) is 1. The molecule has 21 nitrogen and oxygen atoms in total. The molecule has 5 rings (SSSR count). The number of aromatic amines is 1. The van der Waals surface area contributed by atoms with Gasteiger partial charge in [-0.15, -0.1) is 0 Å². The Morgan fingerprint density at radius 1 is 1.02 bits per heavy atom. The van der Waals surface area contributed by atoms with E-state index in [-0.39, 0.29) is 55.2 Å². The van der Waals surface area contributed by atoms with Gasteiger partial charge in [-0.25, -0.2) is 14.4 Å². The van der Waals surface area contributed by atoms with E-state index in [9.17, 15) is 58.2 Å². The van der Waals surface area contributed by atoms with Crippen LogP contribution in [-0.2, 0) is 54.1 Å². The molecule has 2 aromatic carbocycles. The summed E-state index contributed by atoms with van der Waals surface area (Å²) < 4.78 is 18.8. The van der Waals surface area contributed by atoms with E-state index >= 15 is 0 Å². The molecule has 2 aliphatic rings. The van der Waals surface area contributed by atoms with E-state index in [1.54, 1.807) is 18.2 Å². The number of carboxylic acid groups (broad SMARTS) is 1. The van der Waals surface area contributed by atoms with Gasteiger partial charge in [0.05, 0.1) is 12.1 Å². The van der Waals surface area contributed by atoms with E-state index in [4.69, 9.17) is 4.74 Å². The summed E-state index contributed by atoms with van der Waals surface area (Å²) in [4.78, 5) is 94.5. The third kappa shape index (κ3) is 11.8. The highest BCUT2D eigenvalue weighted by atomic mass is 32.2. The van der Waals surface area contributed by atoms with E-state index in [1.807, 2.05) is 0 Å². The van der Waals surface area contributed by atoms with Gasteiger partial charge in [0.2, 0.25) is 23.9 Å². The summed E-state index contributed by atoms with van der Waals surface area (Å²) in [5, 5.41) is 53.4. The van der Waals surface area contributed by atoms with E-state index in [2.05, 4.69) is 31.6 Å². The number of nitrogens with zero attached hydrogens (tertiary/aromatic N) is 2. The molecule has 1 aromatic heterocycles. The van der Waals surface area contributed by atoms with Crippen LogP contribution in [0.25, 0.3) is 0 Å².